The van der Waals surface area contributed by atoms with E-state index in [4.69, 9.17) is 4.74 Å². The summed E-state index contributed by atoms with van der Waals surface area (Å²) in [5.41, 5.74) is 1.63. The zero-order valence-corrected chi connectivity index (χ0v) is 20.4. The Balaban J connectivity index is 1.26. The number of piperazine rings is 2. The molecule has 0 spiro atoms. The summed E-state index contributed by atoms with van der Waals surface area (Å²) in [6.45, 7) is 3.28. The molecule has 2 fully saturated rings. The van der Waals surface area contributed by atoms with Crippen molar-refractivity contribution in [3.05, 3.63) is 72.3 Å². The Morgan fingerprint density at radius 3 is 2.39 bits per heavy atom. The van der Waals surface area contributed by atoms with E-state index in [0.29, 0.717) is 44.8 Å². The van der Waals surface area contributed by atoms with Gasteiger partial charge in [-0.2, -0.15) is 0 Å². The van der Waals surface area contributed by atoms with Crippen molar-refractivity contribution < 1.29 is 19.1 Å². The van der Waals surface area contributed by atoms with Crippen molar-refractivity contribution in [3.8, 4) is 5.75 Å². The molecule has 2 aliphatic heterocycles. The second kappa shape index (κ2) is 10.3. The van der Waals surface area contributed by atoms with E-state index in [1.807, 2.05) is 60.7 Å². The number of benzene rings is 3. The Morgan fingerprint density at radius 1 is 0.917 bits per heavy atom. The van der Waals surface area contributed by atoms with Gasteiger partial charge in [-0.05, 0) is 41.1 Å². The van der Waals surface area contributed by atoms with Crippen molar-refractivity contribution in [2.45, 2.75) is 12.5 Å². The Bertz CT molecular complexity index is 1260. The quantitative estimate of drug-likeness (QED) is 0.600. The SMILES string of the molecule is COc1ccc(N2CCN(C(=O)CC3C(=O)NCCN3C(=O)c3cccc4ccccc34)CC2)cc1. The van der Waals surface area contributed by atoms with Gasteiger partial charge in [-0.3, -0.25) is 14.4 Å². The second-order valence-corrected chi connectivity index (χ2v) is 9.10. The molecular weight excluding hydrogens is 456 g/mol. The van der Waals surface area contributed by atoms with E-state index < -0.39 is 6.04 Å². The highest BCUT2D eigenvalue weighted by Gasteiger charge is 2.37. The minimum Gasteiger partial charge on any atom is -0.497 e. The highest BCUT2D eigenvalue weighted by Crippen LogP contribution is 2.24. The van der Waals surface area contributed by atoms with Crippen molar-refractivity contribution in [2.75, 3.05) is 51.3 Å². The van der Waals surface area contributed by atoms with Crippen molar-refractivity contribution in [3.63, 3.8) is 0 Å². The van der Waals surface area contributed by atoms with Crippen LogP contribution in [0, 0.1) is 0 Å². The fourth-order valence-corrected chi connectivity index (χ4v) is 5.03. The molecule has 0 radical (unpaired) electrons. The lowest BCUT2D eigenvalue weighted by Gasteiger charge is -2.39. The van der Waals surface area contributed by atoms with Gasteiger partial charge in [-0.15, -0.1) is 0 Å². The smallest absolute Gasteiger partial charge is 0.255 e. The number of carbonyl (C=O) groups excluding carboxylic acids is 3. The monoisotopic (exact) mass is 486 g/mol. The first kappa shape index (κ1) is 23.7. The zero-order chi connectivity index (χ0) is 25.1. The minimum absolute atomic E-state index is 0.0229. The van der Waals surface area contributed by atoms with Gasteiger partial charge in [-0.25, -0.2) is 0 Å². The van der Waals surface area contributed by atoms with Gasteiger partial charge in [0.2, 0.25) is 11.8 Å². The lowest BCUT2D eigenvalue weighted by molar-refractivity contribution is -0.138. The van der Waals surface area contributed by atoms with Crippen LogP contribution in [0.1, 0.15) is 16.8 Å². The number of rotatable bonds is 5. The van der Waals surface area contributed by atoms with Gasteiger partial charge in [0, 0.05) is 50.5 Å². The van der Waals surface area contributed by atoms with E-state index >= 15 is 0 Å². The summed E-state index contributed by atoms with van der Waals surface area (Å²) < 4.78 is 5.23. The van der Waals surface area contributed by atoms with Crippen LogP contribution in [0.2, 0.25) is 0 Å². The highest BCUT2D eigenvalue weighted by molar-refractivity contribution is 6.08. The summed E-state index contributed by atoms with van der Waals surface area (Å²) in [5.74, 6) is 0.201. The summed E-state index contributed by atoms with van der Waals surface area (Å²) in [6, 6.07) is 20.4. The van der Waals surface area contributed by atoms with Gasteiger partial charge in [-0.1, -0.05) is 36.4 Å². The number of nitrogens with zero attached hydrogens (tertiary/aromatic N) is 3. The first-order valence-corrected chi connectivity index (χ1v) is 12.3. The van der Waals surface area contributed by atoms with E-state index in [1.54, 1.807) is 23.0 Å². The van der Waals surface area contributed by atoms with Crippen molar-refractivity contribution in [1.82, 2.24) is 15.1 Å². The molecular formula is C28H30N4O4. The molecule has 186 valence electrons. The van der Waals surface area contributed by atoms with E-state index in [0.717, 1.165) is 22.2 Å². The van der Waals surface area contributed by atoms with Crippen LogP contribution in [0.4, 0.5) is 5.69 Å². The van der Waals surface area contributed by atoms with Gasteiger partial charge >= 0.3 is 0 Å². The molecule has 0 saturated carbocycles. The maximum absolute atomic E-state index is 13.6. The first-order chi connectivity index (χ1) is 17.5. The predicted octanol–water partition coefficient (Wildman–Crippen LogP) is 2.53. The molecule has 8 heteroatoms. The third-order valence-corrected chi connectivity index (χ3v) is 7.05. The Hall–Kier alpha value is -4.07. The first-order valence-electron chi connectivity index (χ1n) is 12.3. The van der Waals surface area contributed by atoms with Crippen LogP contribution in [0.3, 0.4) is 0 Å². The molecule has 0 aromatic heterocycles. The fourth-order valence-electron chi connectivity index (χ4n) is 5.03. The minimum atomic E-state index is -0.822. The van der Waals surface area contributed by atoms with E-state index in [9.17, 15) is 14.4 Å². The predicted molar refractivity (Wildman–Crippen MR) is 138 cm³/mol. The third-order valence-electron chi connectivity index (χ3n) is 7.05. The maximum Gasteiger partial charge on any atom is 0.255 e. The molecule has 5 rings (SSSR count). The van der Waals surface area contributed by atoms with E-state index in [1.165, 1.54) is 0 Å². The number of ether oxygens (including phenoxy) is 1. The summed E-state index contributed by atoms with van der Waals surface area (Å²) in [6.07, 6.45) is -0.0229. The number of hydrogen-bond acceptors (Lipinski definition) is 5. The molecule has 36 heavy (non-hydrogen) atoms. The lowest BCUT2D eigenvalue weighted by Crippen LogP contribution is -2.59. The van der Waals surface area contributed by atoms with Gasteiger partial charge in [0.05, 0.1) is 13.5 Å². The van der Waals surface area contributed by atoms with Gasteiger partial charge in [0.25, 0.3) is 5.91 Å². The van der Waals surface area contributed by atoms with E-state index in [2.05, 4.69) is 10.2 Å². The molecule has 8 nitrogen and oxygen atoms in total. The molecule has 3 aromatic rings. The average Bonchev–Trinajstić information content (AvgIpc) is 2.93. The molecule has 2 heterocycles. The average molecular weight is 487 g/mol. The topological polar surface area (TPSA) is 82.2 Å². The van der Waals surface area contributed by atoms with Gasteiger partial charge < -0.3 is 24.8 Å². The molecule has 1 atom stereocenters. The fraction of sp³-hybridized carbons (Fsp3) is 0.321. The number of nitrogens with one attached hydrogen (secondary N) is 1. The van der Waals surface area contributed by atoms with Crippen molar-refractivity contribution in [1.29, 1.82) is 0 Å². The zero-order valence-electron chi connectivity index (χ0n) is 20.4. The molecule has 0 aliphatic carbocycles. The Labute approximate surface area is 210 Å². The maximum atomic E-state index is 13.6. The molecule has 1 unspecified atom stereocenters. The molecule has 0 bridgehead atoms. The summed E-state index contributed by atoms with van der Waals surface area (Å²) >= 11 is 0. The van der Waals surface area contributed by atoms with Crippen LogP contribution in [0.5, 0.6) is 5.75 Å². The molecule has 2 aliphatic rings. The summed E-state index contributed by atoms with van der Waals surface area (Å²) in [7, 11) is 1.64. The van der Waals surface area contributed by atoms with Crippen LogP contribution in [-0.4, -0.2) is 79.9 Å². The Morgan fingerprint density at radius 2 is 1.64 bits per heavy atom. The van der Waals surface area contributed by atoms with Crippen LogP contribution >= 0.6 is 0 Å². The van der Waals surface area contributed by atoms with Crippen molar-refractivity contribution in [2.24, 2.45) is 0 Å². The summed E-state index contributed by atoms with van der Waals surface area (Å²) in [4.78, 5) is 45.2. The second-order valence-electron chi connectivity index (χ2n) is 9.10. The molecule has 3 amide bonds. The van der Waals surface area contributed by atoms with Crippen LogP contribution < -0.4 is 15.0 Å². The number of hydrogen-bond donors (Lipinski definition) is 1. The lowest BCUT2D eigenvalue weighted by atomic mass is 10.0. The summed E-state index contributed by atoms with van der Waals surface area (Å²) in [5, 5.41) is 4.64. The number of amides is 3. The number of fused-ring (bicyclic) bond motifs is 1. The normalized spacial score (nSPS) is 18.2. The van der Waals surface area contributed by atoms with Crippen LogP contribution in [-0.2, 0) is 9.59 Å². The van der Waals surface area contributed by atoms with Gasteiger partial charge in [0.1, 0.15) is 11.8 Å². The standard InChI is InChI=1S/C28H30N4O4/c1-36-22-11-9-21(10-12-22)30-15-17-31(18-16-30)26(33)19-25-27(34)29-13-14-32(25)28(35)24-8-4-6-20-5-2-3-7-23(20)24/h2-12,25H,13-19H2,1H3,(H,29,34). The Kier molecular flexibility index (Phi) is 6.75. The van der Waals surface area contributed by atoms with Crippen LogP contribution in [0.25, 0.3) is 10.8 Å². The third kappa shape index (κ3) is 4.71. The largest absolute Gasteiger partial charge is 0.497 e. The number of anilines is 1. The van der Waals surface area contributed by atoms with Gasteiger partial charge in [0.15, 0.2) is 0 Å². The van der Waals surface area contributed by atoms with Crippen molar-refractivity contribution >= 4 is 34.2 Å². The molecule has 1 N–H and O–H groups in total. The number of methoxy groups -OCH3 is 1. The molecule has 3 aromatic carbocycles. The number of carbonyl (C=O) groups is 3. The van der Waals surface area contributed by atoms with Crippen LogP contribution in [0.15, 0.2) is 66.7 Å². The van der Waals surface area contributed by atoms with E-state index in [-0.39, 0.29) is 24.1 Å². The molecule has 2 saturated heterocycles. The highest BCUT2D eigenvalue weighted by atomic mass is 16.5.